The maximum Gasteiger partial charge on any atom is 0.222 e. The van der Waals surface area contributed by atoms with Crippen LogP contribution in [0.2, 0.25) is 0 Å². The monoisotopic (exact) mass is 409 g/mol. The molecule has 0 radical (unpaired) electrons. The summed E-state index contributed by atoms with van der Waals surface area (Å²) in [4.78, 5) is 23.0. The highest BCUT2D eigenvalue weighted by atomic mass is 32.2. The number of hydrogen-bond acceptors (Lipinski definition) is 5. The van der Waals surface area contributed by atoms with Crippen LogP contribution in [0.4, 0.5) is 11.4 Å². The number of thiazole rings is 1. The van der Waals surface area contributed by atoms with Crippen molar-refractivity contribution in [1.82, 2.24) is 10.3 Å². The van der Waals surface area contributed by atoms with Crippen molar-refractivity contribution >= 4 is 40.4 Å². The van der Waals surface area contributed by atoms with E-state index in [1.165, 1.54) is 21.2 Å². The highest BCUT2D eigenvalue weighted by Gasteiger charge is 2.23. The lowest BCUT2D eigenvalue weighted by molar-refractivity contribution is -0.121. The Bertz CT molecular complexity index is 969. The first-order chi connectivity index (χ1) is 13.5. The highest BCUT2D eigenvalue weighted by Crippen LogP contribution is 2.47. The van der Waals surface area contributed by atoms with Gasteiger partial charge in [0.1, 0.15) is 0 Å². The van der Waals surface area contributed by atoms with Crippen LogP contribution in [-0.4, -0.2) is 17.4 Å². The molecule has 0 aliphatic carbocycles. The van der Waals surface area contributed by atoms with Gasteiger partial charge in [-0.2, -0.15) is 0 Å². The first-order valence-corrected chi connectivity index (χ1v) is 11.0. The molecule has 1 N–H and O–H groups in total. The summed E-state index contributed by atoms with van der Waals surface area (Å²) in [6.45, 7) is 6.67. The van der Waals surface area contributed by atoms with Crippen LogP contribution in [-0.2, 0) is 4.79 Å². The zero-order valence-electron chi connectivity index (χ0n) is 16.2. The minimum Gasteiger partial charge on any atom is -0.349 e. The van der Waals surface area contributed by atoms with Crippen LogP contribution in [0.25, 0.3) is 0 Å². The molecule has 0 saturated heterocycles. The average molecular weight is 410 g/mol. The summed E-state index contributed by atoms with van der Waals surface area (Å²) in [5, 5.41) is 4.17. The number of rotatable bonds is 5. The van der Waals surface area contributed by atoms with Gasteiger partial charge >= 0.3 is 0 Å². The molecule has 1 aliphatic rings. The van der Waals surface area contributed by atoms with Crippen LogP contribution in [0.15, 0.2) is 58.3 Å². The molecule has 0 saturated carbocycles. The molecular formula is C22H23N3OS2. The normalized spacial score (nSPS) is 13.6. The van der Waals surface area contributed by atoms with Gasteiger partial charge in [0.2, 0.25) is 5.91 Å². The SMILES string of the molecule is Cc1nc(C)c(C(C)NC(=O)CCN2c3ccccc3Sc3ccccc32)s1. The molecule has 1 amide bonds. The number of carbonyl (C=O) groups is 1. The molecule has 1 aliphatic heterocycles. The molecule has 1 atom stereocenters. The number of nitrogens with zero attached hydrogens (tertiary/aromatic N) is 2. The topological polar surface area (TPSA) is 45.2 Å². The minimum atomic E-state index is -0.0183. The highest BCUT2D eigenvalue weighted by molar-refractivity contribution is 7.99. The van der Waals surface area contributed by atoms with Gasteiger partial charge in [-0.15, -0.1) is 11.3 Å². The second-order valence-corrected chi connectivity index (χ2v) is 9.23. The average Bonchev–Trinajstić information content (AvgIpc) is 3.03. The summed E-state index contributed by atoms with van der Waals surface area (Å²) in [5.74, 6) is 0.0612. The van der Waals surface area contributed by atoms with Crippen molar-refractivity contribution in [2.45, 2.75) is 43.0 Å². The predicted octanol–water partition coefficient (Wildman–Crippen LogP) is 5.63. The maximum atomic E-state index is 12.7. The number of aryl methyl sites for hydroxylation is 2. The quantitative estimate of drug-likeness (QED) is 0.593. The first-order valence-electron chi connectivity index (χ1n) is 9.39. The summed E-state index contributed by atoms with van der Waals surface area (Å²) in [5.41, 5.74) is 3.34. The molecule has 4 rings (SSSR count). The van der Waals surface area contributed by atoms with Gasteiger partial charge in [-0.25, -0.2) is 4.98 Å². The molecule has 2 heterocycles. The molecule has 4 nitrogen and oxygen atoms in total. The van der Waals surface area contributed by atoms with Gasteiger partial charge in [-0.1, -0.05) is 36.0 Å². The Morgan fingerprint density at radius 1 is 1.07 bits per heavy atom. The van der Waals surface area contributed by atoms with E-state index in [1.54, 1.807) is 23.1 Å². The third-order valence-electron chi connectivity index (χ3n) is 4.80. The van der Waals surface area contributed by atoms with Gasteiger partial charge in [-0.05, 0) is 45.0 Å². The molecule has 0 fully saturated rings. The lowest BCUT2D eigenvalue weighted by Gasteiger charge is -2.32. The minimum absolute atomic E-state index is 0.0183. The van der Waals surface area contributed by atoms with Crippen molar-refractivity contribution < 1.29 is 4.79 Å². The van der Waals surface area contributed by atoms with E-state index in [0.717, 1.165) is 15.6 Å². The van der Waals surface area contributed by atoms with E-state index in [9.17, 15) is 4.79 Å². The fourth-order valence-corrected chi connectivity index (χ4v) is 5.59. The maximum absolute atomic E-state index is 12.7. The Morgan fingerprint density at radius 2 is 1.68 bits per heavy atom. The van der Waals surface area contributed by atoms with Crippen LogP contribution in [0.5, 0.6) is 0 Å². The van der Waals surface area contributed by atoms with Gasteiger partial charge in [0.15, 0.2) is 0 Å². The molecule has 144 valence electrons. The molecule has 6 heteroatoms. The number of nitrogens with one attached hydrogen (secondary N) is 1. The number of aromatic nitrogens is 1. The second-order valence-electron chi connectivity index (χ2n) is 6.91. The summed E-state index contributed by atoms with van der Waals surface area (Å²) in [7, 11) is 0. The van der Waals surface area contributed by atoms with Crippen molar-refractivity contribution in [2.75, 3.05) is 11.4 Å². The second kappa shape index (κ2) is 7.97. The lowest BCUT2D eigenvalue weighted by atomic mass is 10.2. The van der Waals surface area contributed by atoms with Crippen LogP contribution >= 0.6 is 23.1 Å². The van der Waals surface area contributed by atoms with E-state index in [0.29, 0.717) is 13.0 Å². The van der Waals surface area contributed by atoms with E-state index >= 15 is 0 Å². The van der Waals surface area contributed by atoms with Gasteiger partial charge in [0.25, 0.3) is 0 Å². The molecular weight excluding hydrogens is 386 g/mol. The van der Waals surface area contributed by atoms with E-state index in [4.69, 9.17) is 0 Å². The Hall–Kier alpha value is -2.31. The first kappa shape index (κ1) is 19.0. The molecule has 3 aromatic rings. The van der Waals surface area contributed by atoms with E-state index in [1.807, 2.05) is 20.8 Å². The third kappa shape index (κ3) is 3.80. The number of benzene rings is 2. The molecule has 1 aromatic heterocycles. The van der Waals surface area contributed by atoms with Gasteiger partial charge in [0, 0.05) is 27.6 Å². The summed E-state index contributed by atoms with van der Waals surface area (Å²) < 4.78 is 0. The van der Waals surface area contributed by atoms with Gasteiger partial charge < -0.3 is 10.2 Å². The van der Waals surface area contributed by atoms with Crippen LogP contribution in [0, 0.1) is 13.8 Å². The fourth-order valence-electron chi connectivity index (χ4n) is 3.56. The smallest absolute Gasteiger partial charge is 0.222 e. The predicted molar refractivity (Wildman–Crippen MR) is 117 cm³/mol. The molecule has 2 aromatic carbocycles. The van der Waals surface area contributed by atoms with Crippen molar-refractivity contribution in [2.24, 2.45) is 0 Å². The number of fused-ring (bicyclic) bond motifs is 2. The molecule has 0 bridgehead atoms. The number of hydrogen-bond donors (Lipinski definition) is 1. The van der Waals surface area contributed by atoms with Crippen LogP contribution in [0.3, 0.4) is 0 Å². The Balaban J connectivity index is 1.47. The summed E-state index contributed by atoms with van der Waals surface area (Å²) in [6, 6.07) is 16.7. The van der Waals surface area contributed by atoms with E-state index in [-0.39, 0.29) is 11.9 Å². The Kier molecular flexibility index (Phi) is 5.42. The molecule has 1 unspecified atom stereocenters. The standard InChI is InChI=1S/C22H23N3OS2/c1-14-22(27-16(3)23-14)15(2)24-21(26)12-13-25-17-8-4-6-10-19(17)28-20-11-7-5-9-18(20)25/h4-11,15H,12-13H2,1-3H3,(H,24,26). The number of para-hydroxylation sites is 2. The lowest BCUT2D eigenvalue weighted by Crippen LogP contribution is -2.31. The van der Waals surface area contributed by atoms with Crippen LogP contribution in [0.1, 0.15) is 35.0 Å². The zero-order chi connectivity index (χ0) is 19.7. The number of anilines is 2. The Morgan fingerprint density at radius 3 is 2.25 bits per heavy atom. The molecule has 0 spiro atoms. The van der Waals surface area contributed by atoms with Crippen LogP contribution < -0.4 is 10.2 Å². The largest absolute Gasteiger partial charge is 0.349 e. The van der Waals surface area contributed by atoms with Gasteiger partial charge in [-0.3, -0.25) is 4.79 Å². The summed E-state index contributed by atoms with van der Waals surface area (Å²) in [6.07, 6.45) is 0.439. The zero-order valence-corrected chi connectivity index (χ0v) is 17.9. The van der Waals surface area contributed by atoms with Crippen molar-refractivity contribution in [1.29, 1.82) is 0 Å². The number of amides is 1. The van der Waals surface area contributed by atoms with Gasteiger partial charge in [0.05, 0.1) is 28.1 Å². The molecule has 28 heavy (non-hydrogen) atoms. The third-order valence-corrected chi connectivity index (χ3v) is 7.19. The van der Waals surface area contributed by atoms with E-state index in [2.05, 4.69) is 63.7 Å². The van der Waals surface area contributed by atoms with Crippen molar-refractivity contribution in [3.63, 3.8) is 0 Å². The fraction of sp³-hybridized carbons (Fsp3) is 0.273. The van der Waals surface area contributed by atoms with Crippen molar-refractivity contribution in [3.8, 4) is 0 Å². The summed E-state index contributed by atoms with van der Waals surface area (Å²) >= 11 is 3.44. The van der Waals surface area contributed by atoms with E-state index < -0.39 is 0 Å². The Labute approximate surface area is 174 Å². The van der Waals surface area contributed by atoms with Crippen molar-refractivity contribution in [3.05, 3.63) is 64.1 Å². The number of carbonyl (C=O) groups excluding carboxylic acids is 1.